The number of halogens is 1. The maximum absolute atomic E-state index is 13.4. The highest BCUT2D eigenvalue weighted by molar-refractivity contribution is 6.05. The summed E-state index contributed by atoms with van der Waals surface area (Å²) in [5.41, 5.74) is 0.647. The quantitative estimate of drug-likeness (QED) is 0.787. The first-order valence-corrected chi connectivity index (χ1v) is 5.33. The Morgan fingerprint density at radius 3 is 2.63 bits per heavy atom. The molecule has 1 aromatic carbocycles. The minimum Gasteiger partial charge on any atom is -0.478 e. The van der Waals surface area contributed by atoms with Gasteiger partial charge in [-0.1, -0.05) is 0 Å². The van der Waals surface area contributed by atoms with Crippen LogP contribution >= 0.6 is 0 Å². The molecule has 6 nitrogen and oxygen atoms in total. The summed E-state index contributed by atoms with van der Waals surface area (Å²) in [5.74, 6) is -2.72. The largest absolute Gasteiger partial charge is 0.478 e. The molecule has 0 saturated carbocycles. The van der Waals surface area contributed by atoms with Crippen molar-refractivity contribution in [2.75, 3.05) is 5.32 Å². The number of amides is 1. The Morgan fingerprint density at radius 2 is 2.11 bits per heavy atom. The Bertz CT molecular complexity index is 651. The molecule has 3 N–H and O–H groups in total. The van der Waals surface area contributed by atoms with E-state index in [1.54, 1.807) is 6.92 Å². The number of nitrogens with zero attached hydrogens (tertiary/aromatic N) is 1. The molecule has 0 atom stereocenters. The van der Waals surface area contributed by atoms with Crippen LogP contribution in [0, 0.1) is 12.7 Å². The van der Waals surface area contributed by atoms with Gasteiger partial charge in [-0.3, -0.25) is 9.89 Å². The van der Waals surface area contributed by atoms with Crippen LogP contribution in [0.3, 0.4) is 0 Å². The predicted molar refractivity (Wildman–Crippen MR) is 64.6 cm³/mol. The number of aromatic amines is 1. The van der Waals surface area contributed by atoms with E-state index in [4.69, 9.17) is 5.11 Å². The van der Waals surface area contributed by atoms with Crippen molar-refractivity contribution in [1.29, 1.82) is 0 Å². The van der Waals surface area contributed by atoms with E-state index in [-0.39, 0.29) is 5.69 Å². The van der Waals surface area contributed by atoms with Crippen molar-refractivity contribution < 1.29 is 19.1 Å². The van der Waals surface area contributed by atoms with E-state index in [0.717, 1.165) is 12.1 Å². The highest BCUT2D eigenvalue weighted by Gasteiger charge is 2.14. The van der Waals surface area contributed by atoms with Crippen LogP contribution in [0.4, 0.5) is 10.1 Å². The highest BCUT2D eigenvalue weighted by atomic mass is 19.1. The van der Waals surface area contributed by atoms with Gasteiger partial charge in [-0.25, -0.2) is 9.18 Å². The fourth-order valence-electron chi connectivity index (χ4n) is 1.54. The molecule has 0 unspecified atom stereocenters. The van der Waals surface area contributed by atoms with E-state index < -0.39 is 23.3 Å². The van der Waals surface area contributed by atoms with E-state index in [9.17, 15) is 14.0 Å². The lowest BCUT2D eigenvalue weighted by Gasteiger charge is -2.05. The molecule has 1 heterocycles. The van der Waals surface area contributed by atoms with Gasteiger partial charge < -0.3 is 10.4 Å². The average molecular weight is 263 g/mol. The summed E-state index contributed by atoms with van der Waals surface area (Å²) in [5, 5.41) is 17.5. The van der Waals surface area contributed by atoms with Crippen molar-refractivity contribution in [3.8, 4) is 0 Å². The SMILES string of the molecule is Cc1[nH]ncc1C(=O)Nc1ccc(C(=O)O)c(F)c1. The summed E-state index contributed by atoms with van der Waals surface area (Å²) < 4.78 is 13.4. The van der Waals surface area contributed by atoms with Gasteiger partial charge in [-0.15, -0.1) is 0 Å². The lowest BCUT2D eigenvalue weighted by molar-refractivity contribution is 0.0692. The average Bonchev–Trinajstić information content (AvgIpc) is 2.75. The molecule has 0 aliphatic carbocycles. The van der Waals surface area contributed by atoms with Crippen LogP contribution in [0.5, 0.6) is 0 Å². The van der Waals surface area contributed by atoms with Crippen LogP contribution in [0.2, 0.25) is 0 Å². The molecule has 19 heavy (non-hydrogen) atoms. The van der Waals surface area contributed by atoms with E-state index >= 15 is 0 Å². The molecule has 2 rings (SSSR count). The number of carbonyl (C=O) groups excluding carboxylic acids is 1. The highest BCUT2D eigenvalue weighted by Crippen LogP contribution is 2.16. The number of nitrogens with one attached hydrogen (secondary N) is 2. The Labute approximate surface area is 107 Å². The molecule has 1 aromatic heterocycles. The molecular formula is C12H10FN3O3. The van der Waals surface area contributed by atoms with E-state index in [1.807, 2.05) is 0 Å². The van der Waals surface area contributed by atoms with Gasteiger partial charge in [0.25, 0.3) is 5.91 Å². The molecule has 7 heteroatoms. The number of carboxylic acids is 1. The number of carbonyl (C=O) groups is 2. The van der Waals surface area contributed by atoms with Crippen molar-refractivity contribution in [2.45, 2.75) is 6.92 Å². The van der Waals surface area contributed by atoms with Crippen LogP contribution in [-0.2, 0) is 0 Å². The number of hydrogen-bond donors (Lipinski definition) is 3. The summed E-state index contributed by atoms with van der Waals surface area (Å²) in [6, 6.07) is 3.37. The van der Waals surface area contributed by atoms with Crippen molar-refractivity contribution in [2.24, 2.45) is 0 Å². The van der Waals surface area contributed by atoms with E-state index in [2.05, 4.69) is 15.5 Å². The maximum Gasteiger partial charge on any atom is 0.338 e. The third kappa shape index (κ3) is 2.59. The second-order valence-electron chi connectivity index (χ2n) is 3.86. The Kier molecular flexibility index (Phi) is 3.28. The molecule has 0 saturated heterocycles. The topological polar surface area (TPSA) is 95.1 Å². The number of aryl methyl sites for hydroxylation is 1. The zero-order valence-electron chi connectivity index (χ0n) is 9.90. The van der Waals surface area contributed by atoms with Gasteiger partial charge >= 0.3 is 5.97 Å². The zero-order valence-corrected chi connectivity index (χ0v) is 9.90. The molecular weight excluding hydrogens is 253 g/mol. The Balaban J connectivity index is 2.21. The summed E-state index contributed by atoms with van der Waals surface area (Å²) >= 11 is 0. The minimum atomic E-state index is -1.36. The first kappa shape index (κ1) is 12.7. The number of carboxylic acid groups (broad SMARTS) is 1. The number of rotatable bonds is 3. The van der Waals surface area contributed by atoms with Crippen LogP contribution in [0.15, 0.2) is 24.4 Å². The van der Waals surface area contributed by atoms with Crippen molar-refractivity contribution in [1.82, 2.24) is 10.2 Å². The zero-order chi connectivity index (χ0) is 14.0. The second kappa shape index (κ2) is 4.89. The van der Waals surface area contributed by atoms with Crippen LogP contribution in [0.1, 0.15) is 26.4 Å². The number of benzene rings is 1. The van der Waals surface area contributed by atoms with Gasteiger partial charge in [0.05, 0.1) is 17.3 Å². The van der Waals surface area contributed by atoms with Crippen molar-refractivity contribution in [3.05, 3.63) is 47.0 Å². The van der Waals surface area contributed by atoms with Gasteiger partial charge in [-0.05, 0) is 25.1 Å². The van der Waals surface area contributed by atoms with Gasteiger partial charge in [0, 0.05) is 11.4 Å². The molecule has 0 bridgehead atoms. The molecule has 0 aliphatic rings. The number of aromatic nitrogens is 2. The number of aromatic carboxylic acids is 1. The van der Waals surface area contributed by atoms with Crippen molar-refractivity contribution >= 4 is 17.6 Å². The fourth-order valence-corrected chi connectivity index (χ4v) is 1.54. The van der Waals surface area contributed by atoms with Crippen LogP contribution in [-0.4, -0.2) is 27.2 Å². The predicted octanol–water partition coefficient (Wildman–Crippen LogP) is 1.81. The lowest BCUT2D eigenvalue weighted by Crippen LogP contribution is -2.13. The lowest BCUT2D eigenvalue weighted by atomic mass is 10.2. The Hall–Kier alpha value is -2.70. The molecule has 0 fully saturated rings. The third-order valence-electron chi connectivity index (χ3n) is 2.53. The number of hydrogen-bond acceptors (Lipinski definition) is 3. The summed E-state index contributed by atoms with van der Waals surface area (Å²) in [6.07, 6.45) is 1.35. The molecule has 0 aliphatic heterocycles. The summed E-state index contributed by atoms with van der Waals surface area (Å²) in [4.78, 5) is 22.5. The van der Waals surface area contributed by atoms with E-state index in [0.29, 0.717) is 11.3 Å². The van der Waals surface area contributed by atoms with Crippen molar-refractivity contribution in [3.63, 3.8) is 0 Å². The van der Waals surface area contributed by atoms with Gasteiger partial charge in [0.1, 0.15) is 5.82 Å². The Morgan fingerprint density at radius 1 is 1.37 bits per heavy atom. The molecule has 98 valence electrons. The molecule has 0 radical (unpaired) electrons. The van der Waals surface area contributed by atoms with Gasteiger partial charge in [-0.2, -0.15) is 5.10 Å². The molecule has 1 amide bonds. The minimum absolute atomic E-state index is 0.174. The standard InChI is InChI=1S/C12H10FN3O3/c1-6-9(5-14-16-6)11(17)15-7-2-3-8(12(18)19)10(13)4-7/h2-5H,1H3,(H,14,16)(H,15,17)(H,18,19). The summed E-state index contributed by atoms with van der Waals surface area (Å²) in [7, 11) is 0. The smallest absolute Gasteiger partial charge is 0.338 e. The fraction of sp³-hybridized carbons (Fsp3) is 0.0833. The van der Waals surface area contributed by atoms with Crippen LogP contribution < -0.4 is 5.32 Å². The molecule has 0 spiro atoms. The van der Waals surface area contributed by atoms with Gasteiger partial charge in [0.15, 0.2) is 0 Å². The van der Waals surface area contributed by atoms with E-state index in [1.165, 1.54) is 12.3 Å². The van der Waals surface area contributed by atoms with Gasteiger partial charge in [0.2, 0.25) is 0 Å². The van der Waals surface area contributed by atoms with Crippen LogP contribution in [0.25, 0.3) is 0 Å². The maximum atomic E-state index is 13.4. The molecule has 2 aromatic rings. The number of anilines is 1. The number of H-pyrrole nitrogens is 1. The first-order valence-electron chi connectivity index (χ1n) is 5.33. The monoisotopic (exact) mass is 263 g/mol. The second-order valence-corrected chi connectivity index (χ2v) is 3.86. The summed E-state index contributed by atoms with van der Waals surface area (Å²) in [6.45, 7) is 1.68. The normalized spacial score (nSPS) is 10.2. The third-order valence-corrected chi connectivity index (χ3v) is 2.53. The first-order chi connectivity index (χ1) is 8.99.